The Labute approximate surface area is 167 Å². The second kappa shape index (κ2) is 9.67. The molecule has 2 rings (SSSR count). The highest BCUT2D eigenvalue weighted by Gasteiger charge is 2.16. The molecule has 2 aromatic rings. The van der Waals surface area contributed by atoms with Crippen LogP contribution in [0.3, 0.4) is 0 Å². The van der Waals surface area contributed by atoms with E-state index in [-0.39, 0.29) is 35.3 Å². The Morgan fingerprint density at radius 1 is 1.11 bits per heavy atom. The molecule has 2 N–H and O–H groups in total. The molecule has 0 heterocycles. The minimum atomic E-state index is -3.64. The number of carbonyl (C=O) groups is 1. The van der Waals surface area contributed by atoms with Crippen LogP contribution in [0, 0.1) is 24.0 Å². The van der Waals surface area contributed by atoms with Crippen LogP contribution in [0.2, 0.25) is 0 Å². The highest BCUT2D eigenvalue weighted by atomic mass is 32.2. The molecule has 0 radical (unpaired) electrons. The highest BCUT2D eigenvalue weighted by Crippen LogP contribution is 2.21. The van der Waals surface area contributed by atoms with Gasteiger partial charge in [-0.05, 0) is 43.2 Å². The van der Waals surface area contributed by atoms with Crippen LogP contribution < -0.4 is 10.0 Å². The Bertz CT molecular complexity index is 960. The number of non-ortho nitro benzene ring substituents is 1. The van der Waals surface area contributed by atoms with Gasteiger partial charge >= 0.3 is 0 Å². The van der Waals surface area contributed by atoms with E-state index >= 15 is 0 Å². The molecule has 0 unspecified atom stereocenters. The summed E-state index contributed by atoms with van der Waals surface area (Å²) in [5.41, 5.74) is 1.49. The number of benzene rings is 2. The van der Waals surface area contributed by atoms with Gasteiger partial charge in [-0.15, -0.1) is 11.8 Å². The molecule has 0 aliphatic carbocycles. The topological polar surface area (TPSA) is 118 Å². The molecule has 150 valence electrons. The number of hydrogen-bond acceptors (Lipinski definition) is 6. The van der Waals surface area contributed by atoms with Crippen LogP contribution in [-0.2, 0) is 14.8 Å². The van der Waals surface area contributed by atoms with Crippen LogP contribution in [0.15, 0.2) is 52.3 Å². The third-order valence-corrected chi connectivity index (χ3v) is 6.40. The van der Waals surface area contributed by atoms with Crippen molar-refractivity contribution >= 4 is 33.4 Å². The summed E-state index contributed by atoms with van der Waals surface area (Å²) in [7, 11) is -3.64. The Hall–Kier alpha value is -2.43. The minimum absolute atomic E-state index is 0.00932. The number of nitro groups is 1. The van der Waals surface area contributed by atoms with Gasteiger partial charge in [-0.1, -0.05) is 12.1 Å². The zero-order chi connectivity index (χ0) is 20.7. The molecule has 8 nitrogen and oxygen atoms in total. The molecule has 0 aliphatic heterocycles. The van der Waals surface area contributed by atoms with Gasteiger partial charge in [0.15, 0.2) is 0 Å². The van der Waals surface area contributed by atoms with Gasteiger partial charge in [0, 0.05) is 30.1 Å². The average Bonchev–Trinajstić information content (AvgIpc) is 2.65. The van der Waals surface area contributed by atoms with Crippen LogP contribution in [0.4, 0.5) is 5.69 Å². The number of nitro benzene ring substituents is 1. The first-order valence-electron chi connectivity index (χ1n) is 8.40. The van der Waals surface area contributed by atoms with E-state index in [1.807, 2.05) is 13.0 Å². The fourth-order valence-corrected chi connectivity index (χ4v) is 4.41. The zero-order valence-electron chi connectivity index (χ0n) is 15.5. The van der Waals surface area contributed by atoms with Gasteiger partial charge in [-0.2, -0.15) is 0 Å². The van der Waals surface area contributed by atoms with Crippen LogP contribution in [0.1, 0.15) is 11.1 Å². The lowest BCUT2D eigenvalue weighted by Gasteiger charge is -2.11. The molecule has 10 heteroatoms. The normalized spacial score (nSPS) is 11.2. The summed E-state index contributed by atoms with van der Waals surface area (Å²) in [5, 5.41) is 13.2. The summed E-state index contributed by atoms with van der Waals surface area (Å²) in [6.07, 6.45) is 0. The number of sulfonamides is 1. The summed E-state index contributed by atoms with van der Waals surface area (Å²) < 4.78 is 27.2. The number of nitrogens with one attached hydrogen (secondary N) is 2. The van der Waals surface area contributed by atoms with E-state index in [9.17, 15) is 23.3 Å². The predicted molar refractivity (Wildman–Crippen MR) is 108 cm³/mol. The van der Waals surface area contributed by atoms with Crippen molar-refractivity contribution < 1.29 is 18.1 Å². The van der Waals surface area contributed by atoms with Crippen molar-refractivity contribution in [3.63, 3.8) is 0 Å². The summed E-state index contributed by atoms with van der Waals surface area (Å²) in [5.74, 6) is -0.129. The second-order valence-corrected chi connectivity index (χ2v) is 8.84. The van der Waals surface area contributed by atoms with Gasteiger partial charge < -0.3 is 5.32 Å². The van der Waals surface area contributed by atoms with Crippen molar-refractivity contribution in [3.8, 4) is 0 Å². The van der Waals surface area contributed by atoms with Crippen LogP contribution in [0.5, 0.6) is 0 Å². The minimum Gasteiger partial charge on any atom is -0.354 e. The largest absolute Gasteiger partial charge is 0.354 e. The van der Waals surface area contributed by atoms with Gasteiger partial charge in [0.25, 0.3) is 5.69 Å². The molecule has 0 saturated heterocycles. The first-order valence-corrected chi connectivity index (χ1v) is 10.9. The third kappa shape index (κ3) is 6.32. The van der Waals surface area contributed by atoms with E-state index in [2.05, 4.69) is 10.0 Å². The molecule has 0 spiro atoms. The van der Waals surface area contributed by atoms with Gasteiger partial charge in [-0.25, -0.2) is 13.1 Å². The van der Waals surface area contributed by atoms with E-state index in [4.69, 9.17) is 0 Å². The Morgan fingerprint density at radius 3 is 2.43 bits per heavy atom. The van der Waals surface area contributed by atoms with Crippen molar-refractivity contribution in [3.05, 3.63) is 63.7 Å². The fraction of sp³-hybridized carbons (Fsp3) is 0.278. The molecule has 28 heavy (non-hydrogen) atoms. The van der Waals surface area contributed by atoms with Crippen molar-refractivity contribution in [1.82, 2.24) is 10.0 Å². The summed E-state index contributed by atoms with van der Waals surface area (Å²) in [6, 6.07) is 11.1. The predicted octanol–water partition coefficient (Wildman–Crippen LogP) is 2.40. The second-order valence-electron chi connectivity index (χ2n) is 6.06. The monoisotopic (exact) mass is 423 g/mol. The molecule has 0 saturated carbocycles. The summed E-state index contributed by atoms with van der Waals surface area (Å²) in [4.78, 5) is 23.0. The van der Waals surface area contributed by atoms with Crippen molar-refractivity contribution in [2.24, 2.45) is 0 Å². The quantitative estimate of drug-likeness (QED) is 0.277. The number of thioether (sulfide) groups is 1. The smallest absolute Gasteiger partial charge is 0.269 e. The summed E-state index contributed by atoms with van der Waals surface area (Å²) in [6.45, 7) is 3.78. The Morgan fingerprint density at radius 2 is 1.79 bits per heavy atom. The number of rotatable bonds is 9. The van der Waals surface area contributed by atoms with Gasteiger partial charge in [0.2, 0.25) is 15.9 Å². The Balaban J connectivity index is 1.76. The number of aryl methyl sites for hydroxylation is 2. The van der Waals surface area contributed by atoms with Gasteiger partial charge in [0.1, 0.15) is 0 Å². The van der Waals surface area contributed by atoms with Crippen LogP contribution in [0.25, 0.3) is 0 Å². The van der Waals surface area contributed by atoms with E-state index in [1.54, 1.807) is 31.2 Å². The molecule has 1 amide bonds. The zero-order valence-corrected chi connectivity index (χ0v) is 17.1. The van der Waals surface area contributed by atoms with Crippen LogP contribution >= 0.6 is 11.8 Å². The molecule has 0 fully saturated rings. The maximum Gasteiger partial charge on any atom is 0.269 e. The molecule has 0 aromatic heterocycles. The van der Waals surface area contributed by atoms with Crippen molar-refractivity contribution in [2.75, 3.05) is 18.8 Å². The molecular weight excluding hydrogens is 402 g/mol. The van der Waals surface area contributed by atoms with Gasteiger partial charge in [-0.3, -0.25) is 14.9 Å². The number of hydrogen-bond donors (Lipinski definition) is 2. The average molecular weight is 424 g/mol. The Kier molecular flexibility index (Phi) is 7.55. The van der Waals surface area contributed by atoms with E-state index < -0.39 is 14.9 Å². The lowest BCUT2D eigenvalue weighted by molar-refractivity contribution is -0.384. The number of carbonyl (C=O) groups excluding carboxylic acids is 1. The van der Waals surface area contributed by atoms with Gasteiger partial charge in [0.05, 0.1) is 15.6 Å². The van der Waals surface area contributed by atoms with Crippen LogP contribution in [-0.4, -0.2) is 38.1 Å². The first kappa shape index (κ1) is 21.9. The van der Waals surface area contributed by atoms with E-state index in [0.717, 1.165) is 10.5 Å². The third-order valence-electron chi connectivity index (χ3n) is 3.79. The summed E-state index contributed by atoms with van der Waals surface area (Å²) >= 11 is 1.24. The molecule has 0 atom stereocenters. The molecule has 2 aromatic carbocycles. The lowest BCUT2D eigenvalue weighted by Crippen LogP contribution is -2.35. The van der Waals surface area contributed by atoms with Crippen molar-refractivity contribution in [1.29, 1.82) is 0 Å². The van der Waals surface area contributed by atoms with Crippen molar-refractivity contribution in [2.45, 2.75) is 23.6 Å². The SMILES string of the molecule is Cc1ccc(C)c(S(=O)(=O)NCCNC(=O)CSc2ccc([N+](=O)[O-])cc2)c1. The molecule has 0 aliphatic rings. The number of amides is 1. The maximum atomic E-state index is 12.4. The molecule has 0 bridgehead atoms. The maximum absolute atomic E-state index is 12.4. The fourth-order valence-electron chi connectivity index (χ4n) is 2.33. The highest BCUT2D eigenvalue weighted by molar-refractivity contribution is 8.00. The van der Waals surface area contributed by atoms with E-state index in [1.165, 1.54) is 23.9 Å². The first-order chi connectivity index (χ1) is 13.2. The number of nitrogens with zero attached hydrogens (tertiary/aromatic N) is 1. The lowest BCUT2D eigenvalue weighted by atomic mass is 10.2. The van der Waals surface area contributed by atoms with E-state index in [0.29, 0.717) is 5.56 Å². The molecular formula is C18H21N3O5S2. The standard InChI is InChI=1S/C18H21N3O5S2/c1-13-3-4-14(2)17(11-13)28(25,26)20-10-9-19-18(22)12-27-16-7-5-15(6-8-16)21(23)24/h3-8,11,20H,9-10,12H2,1-2H3,(H,19,22).